The van der Waals surface area contributed by atoms with E-state index in [-0.39, 0.29) is 6.54 Å². The standard InChI is InChI=1S/C13H19BrF3N3/c1-3-5-18-7-10-6-11(14)8-19-12(10)20(4-2)9-13(15,16)17/h6,8,18H,3-5,7,9H2,1-2H3. The first-order valence-corrected chi connectivity index (χ1v) is 7.33. The number of aromatic nitrogens is 1. The van der Waals surface area contributed by atoms with Crippen LogP contribution >= 0.6 is 15.9 Å². The highest BCUT2D eigenvalue weighted by Crippen LogP contribution is 2.25. The molecule has 0 bridgehead atoms. The first kappa shape index (κ1) is 17.2. The van der Waals surface area contributed by atoms with Crippen LogP contribution in [0.4, 0.5) is 19.0 Å². The predicted octanol–water partition coefficient (Wildman–Crippen LogP) is 3.73. The van der Waals surface area contributed by atoms with Gasteiger partial charge in [-0.2, -0.15) is 13.2 Å². The minimum absolute atomic E-state index is 0.259. The Kier molecular flexibility index (Phi) is 6.75. The minimum atomic E-state index is -4.24. The lowest BCUT2D eigenvalue weighted by atomic mass is 10.2. The van der Waals surface area contributed by atoms with Crippen molar-refractivity contribution >= 4 is 21.7 Å². The summed E-state index contributed by atoms with van der Waals surface area (Å²) in [6, 6.07) is 1.81. The number of halogens is 4. The molecule has 20 heavy (non-hydrogen) atoms. The SMILES string of the molecule is CCCNCc1cc(Br)cnc1N(CC)CC(F)(F)F. The maximum atomic E-state index is 12.6. The van der Waals surface area contributed by atoms with Crippen LogP contribution in [0.15, 0.2) is 16.7 Å². The van der Waals surface area contributed by atoms with Gasteiger partial charge in [-0.1, -0.05) is 6.92 Å². The summed E-state index contributed by atoms with van der Waals surface area (Å²) < 4.78 is 38.6. The zero-order valence-electron chi connectivity index (χ0n) is 11.6. The van der Waals surface area contributed by atoms with Gasteiger partial charge in [-0.3, -0.25) is 0 Å². The number of nitrogens with one attached hydrogen (secondary N) is 1. The Morgan fingerprint density at radius 3 is 2.60 bits per heavy atom. The topological polar surface area (TPSA) is 28.2 Å². The second kappa shape index (κ2) is 7.83. The molecule has 0 atom stereocenters. The maximum Gasteiger partial charge on any atom is 0.405 e. The van der Waals surface area contributed by atoms with E-state index < -0.39 is 12.7 Å². The van der Waals surface area contributed by atoms with Crippen LogP contribution in [0.25, 0.3) is 0 Å². The van der Waals surface area contributed by atoms with Crippen molar-refractivity contribution in [2.45, 2.75) is 33.0 Å². The summed E-state index contributed by atoms with van der Waals surface area (Å²) in [5, 5.41) is 3.19. The van der Waals surface area contributed by atoms with E-state index in [2.05, 4.69) is 26.2 Å². The Morgan fingerprint density at radius 1 is 1.35 bits per heavy atom. The van der Waals surface area contributed by atoms with Crippen molar-refractivity contribution in [3.63, 3.8) is 0 Å². The number of anilines is 1. The highest BCUT2D eigenvalue weighted by Gasteiger charge is 2.31. The second-order valence-corrected chi connectivity index (χ2v) is 5.36. The van der Waals surface area contributed by atoms with E-state index in [1.807, 2.05) is 13.0 Å². The smallest absolute Gasteiger partial charge is 0.348 e. The molecule has 3 nitrogen and oxygen atoms in total. The van der Waals surface area contributed by atoms with Gasteiger partial charge in [-0.05, 0) is 41.9 Å². The first-order valence-electron chi connectivity index (χ1n) is 6.54. The summed E-state index contributed by atoms with van der Waals surface area (Å²) in [6.45, 7) is 4.32. The summed E-state index contributed by atoms with van der Waals surface area (Å²) in [5.74, 6) is 0.386. The molecule has 0 unspecified atom stereocenters. The molecule has 7 heteroatoms. The van der Waals surface area contributed by atoms with Crippen LogP contribution in [0.3, 0.4) is 0 Å². The molecular weight excluding hydrogens is 335 g/mol. The fraction of sp³-hybridized carbons (Fsp3) is 0.615. The Hall–Kier alpha value is -0.820. The highest BCUT2D eigenvalue weighted by atomic mass is 79.9. The lowest BCUT2D eigenvalue weighted by molar-refractivity contribution is -0.119. The molecule has 0 radical (unpaired) electrons. The van der Waals surface area contributed by atoms with Crippen molar-refractivity contribution in [3.8, 4) is 0 Å². The van der Waals surface area contributed by atoms with E-state index in [0.717, 1.165) is 23.0 Å². The van der Waals surface area contributed by atoms with Crippen LogP contribution in [-0.4, -0.2) is 30.8 Å². The van der Waals surface area contributed by atoms with Crippen LogP contribution in [0.2, 0.25) is 0 Å². The van der Waals surface area contributed by atoms with Gasteiger partial charge < -0.3 is 10.2 Å². The predicted molar refractivity (Wildman–Crippen MR) is 77.9 cm³/mol. The summed E-state index contributed by atoms with van der Waals surface area (Å²) >= 11 is 3.31. The largest absolute Gasteiger partial charge is 0.405 e. The third-order valence-corrected chi connectivity index (χ3v) is 3.14. The van der Waals surface area contributed by atoms with E-state index in [1.54, 1.807) is 6.92 Å². The van der Waals surface area contributed by atoms with Gasteiger partial charge in [0, 0.05) is 29.3 Å². The molecule has 0 aliphatic rings. The fourth-order valence-electron chi connectivity index (χ4n) is 1.84. The van der Waals surface area contributed by atoms with Crippen LogP contribution < -0.4 is 10.2 Å². The lowest BCUT2D eigenvalue weighted by Crippen LogP contribution is -2.35. The van der Waals surface area contributed by atoms with Crippen molar-refractivity contribution in [1.82, 2.24) is 10.3 Å². The summed E-state index contributed by atoms with van der Waals surface area (Å²) in [5.41, 5.74) is 0.763. The average Bonchev–Trinajstić information content (AvgIpc) is 2.36. The molecular formula is C13H19BrF3N3. The van der Waals surface area contributed by atoms with Crippen LogP contribution in [0.5, 0.6) is 0 Å². The van der Waals surface area contributed by atoms with Crippen LogP contribution in [-0.2, 0) is 6.54 Å². The molecule has 0 saturated heterocycles. The number of alkyl halides is 3. The summed E-state index contributed by atoms with van der Waals surface area (Å²) in [4.78, 5) is 5.40. The first-order chi connectivity index (χ1) is 9.37. The molecule has 1 aromatic rings. The summed E-state index contributed by atoms with van der Waals surface area (Å²) in [7, 11) is 0. The van der Waals surface area contributed by atoms with E-state index in [0.29, 0.717) is 12.4 Å². The van der Waals surface area contributed by atoms with Gasteiger partial charge in [0.05, 0.1) is 0 Å². The normalized spacial score (nSPS) is 11.7. The van der Waals surface area contributed by atoms with Gasteiger partial charge in [0.15, 0.2) is 0 Å². The maximum absolute atomic E-state index is 12.6. The number of pyridine rings is 1. The van der Waals surface area contributed by atoms with Crippen LogP contribution in [0, 0.1) is 0 Å². The Bertz CT molecular complexity index is 424. The minimum Gasteiger partial charge on any atom is -0.348 e. The molecule has 0 aromatic carbocycles. The second-order valence-electron chi connectivity index (χ2n) is 4.44. The number of rotatable bonds is 7. The van der Waals surface area contributed by atoms with E-state index in [1.165, 1.54) is 11.1 Å². The Morgan fingerprint density at radius 2 is 2.05 bits per heavy atom. The van der Waals surface area contributed by atoms with E-state index >= 15 is 0 Å². The van der Waals surface area contributed by atoms with E-state index in [9.17, 15) is 13.2 Å². The van der Waals surface area contributed by atoms with Gasteiger partial charge in [0.1, 0.15) is 12.4 Å². The molecule has 1 N–H and O–H groups in total. The molecule has 1 rings (SSSR count). The van der Waals surface area contributed by atoms with E-state index in [4.69, 9.17) is 0 Å². The quantitative estimate of drug-likeness (QED) is 0.757. The fourth-order valence-corrected chi connectivity index (χ4v) is 2.22. The van der Waals surface area contributed by atoms with Gasteiger partial charge in [0.2, 0.25) is 0 Å². The van der Waals surface area contributed by atoms with Gasteiger partial charge >= 0.3 is 6.18 Å². The zero-order chi connectivity index (χ0) is 15.2. The lowest BCUT2D eigenvalue weighted by Gasteiger charge is -2.25. The van der Waals surface area contributed by atoms with Crippen molar-refractivity contribution in [3.05, 3.63) is 22.3 Å². The Balaban J connectivity index is 2.95. The number of hydrogen-bond acceptors (Lipinski definition) is 3. The van der Waals surface area contributed by atoms with Gasteiger partial charge in [-0.15, -0.1) is 0 Å². The van der Waals surface area contributed by atoms with Crippen LogP contribution in [0.1, 0.15) is 25.8 Å². The van der Waals surface area contributed by atoms with Gasteiger partial charge in [-0.25, -0.2) is 4.98 Å². The average molecular weight is 354 g/mol. The molecule has 0 aliphatic heterocycles. The summed E-state index contributed by atoms with van der Waals surface area (Å²) in [6.07, 6.45) is -1.74. The molecule has 0 aliphatic carbocycles. The van der Waals surface area contributed by atoms with Crippen molar-refractivity contribution < 1.29 is 13.2 Å². The molecule has 114 valence electrons. The molecule has 1 aromatic heterocycles. The number of nitrogens with zero attached hydrogens (tertiary/aromatic N) is 2. The third-order valence-electron chi connectivity index (χ3n) is 2.70. The molecule has 0 spiro atoms. The zero-order valence-corrected chi connectivity index (χ0v) is 13.2. The number of hydrogen-bond donors (Lipinski definition) is 1. The van der Waals surface area contributed by atoms with Crippen molar-refractivity contribution in [2.24, 2.45) is 0 Å². The highest BCUT2D eigenvalue weighted by molar-refractivity contribution is 9.10. The molecule has 0 saturated carbocycles. The van der Waals surface area contributed by atoms with Gasteiger partial charge in [0.25, 0.3) is 0 Å². The third kappa shape index (κ3) is 5.66. The Labute approximate surface area is 125 Å². The monoisotopic (exact) mass is 353 g/mol. The van der Waals surface area contributed by atoms with Crippen molar-refractivity contribution in [1.29, 1.82) is 0 Å². The molecule has 1 heterocycles. The molecule has 0 amide bonds. The van der Waals surface area contributed by atoms with Crippen molar-refractivity contribution in [2.75, 3.05) is 24.5 Å². The molecule has 0 fully saturated rings.